The molecule has 0 bridgehead atoms. The van der Waals surface area contributed by atoms with Crippen molar-refractivity contribution in [3.05, 3.63) is 34.9 Å². The van der Waals surface area contributed by atoms with Gasteiger partial charge in [0, 0.05) is 23.9 Å². The summed E-state index contributed by atoms with van der Waals surface area (Å²) < 4.78 is 17.5. The van der Waals surface area contributed by atoms with Crippen molar-refractivity contribution in [3.63, 3.8) is 0 Å². The second-order valence-electron chi connectivity index (χ2n) is 5.46. The van der Waals surface area contributed by atoms with Crippen LogP contribution in [0.4, 0.5) is 0 Å². The molecule has 1 aromatic carbocycles. The average molecular weight is 327 g/mol. The van der Waals surface area contributed by atoms with Crippen LogP contribution in [0, 0.1) is 0 Å². The lowest BCUT2D eigenvalue weighted by molar-refractivity contribution is -0.180. The molecule has 2 rings (SSSR count). The minimum atomic E-state index is -0.593. The molecule has 2 atom stereocenters. The second kappa shape index (κ2) is 7.44. The van der Waals surface area contributed by atoms with E-state index in [1.807, 2.05) is 38.1 Å². The predicted octanol–water partition coefficient (Wildman–Crippen LogP) is 4.27. The van der Waals surface area contributed by atoms with Gasteiger partial charge in [0.2, 0.25) is 0 Å². The van der Waals surface area contributed by atoms with Crippen molar-refractivity contribution in [3.8, 4) is 0 Å². The van der Waals surface area contributed by atoms with E-state index in [0.717, 1.165) is 18.4 Å². The predicted molar refractivity (Wildman–Crippen MR) is 84.7 cm³/mol. The summed E-state index contributed by atoms with van der Waals surface area (Å²) in [4.78, 5) is 10.9. The van der Waals surface area contributed by atoms with Gasteiger partial charge in [-0.05, 0) is 18.9 Å². The molecule has 1 aliphatic heterocycles. The monoisotopic (exact) mass is 326 g/mol. The van der Waals surface area contributed by atoms with Gasteiger partial charge in [0.15, 0.2) is 5.79 Å². The van der Waals surface area contributed by atoms with Crippen molar-refractivity contribution < 1.29 is 19.0 Å². The Bertz CT molecular complexity index is 513. The smallest absolute Gasteiger partial charge is 0.302 e. The SMILES string of the molecule is CCC1(CC)OC(CCOC(C)=O)C(c2ccccc2Cl)O1. The van der Waals surface area contributed by atoms with Crippen LogP contribution in [0.1, 0.15) is 51.7 Å². The zero-order valence-electron chi connectivity index (χ0n) is 13.3. The van der Waals surface area contributed by atoms with Crippen molar-refractivity contribution in [2.45, 2.75) is 58.0 Å². The quantitative estimate of drug-likeness (QED) is 0.732. The minimum Gasteiger partial charge on any atom is -0.466 e. The normalized spacial score (nSPS) is 23.5. The molecule has 2 unspecified atom stereocenters. The molecule has 0 amide bonds. The van der Waals surface area contributed by atoms with Crippen LogP contribution in [0.2, 0.25) is 5.02 Å². The second-order valence-corrected chi connectivity index (χ2v) is 5.87. The first-order valence-electron chi connectivity index (χ1n) is 7.74. The minimum absolute atomic E-state index is 0.181. The van der Waals surface area contributed by atoms with Gasteiger partial charge in [0.05, 0.1) is 12.7 Å². The molecular weight excluding hydrogens is 304 g/mol. The molecule has 4 nitrogen and oxygen atoms in total. The van der Waals surface area contributed by atoms with Crippen LogP contribution in [0.3, 0.4) is 0 Å². The Morgan fingerprint density at radius 3 is 2.55 bits per heavy atom. The topological polar surface area (TPSA) is 44.8 Å². The number of benzene rings is 1. The van der Waals surface area contributed by atoms with Gasteiger partial charge in [-0.3, -0.25) is 4.79 Å². The van der Waals surface area contributed by atoms with Gasteiger partial charge >= 0.3 is 5.97 Å². The van der Waals surface area contributed by atoms with Crippen molar-refractivity contribution in [1.29, 1.82) is 0 Å². The van der Waals surface area contributed by atoms with Gasteiger partial charge in [-0.1, -0.05) is 43.6 Å². The molecular formula is C17H23ClO4. The standard InChI is InChI=1S/C17H23ClO4/c1-4-17(5-2)21-15(10-11-20-12(3)19)16(22-17)13-8-6-7-9-14(13)18/h6-9,15-16H,4-5,10-11H2,1-3H3. The number of rotatable bonds is 6. The highest BCUT2D eigenvalue weighted by molar-refractivity contribution is 6.31. The summed E-state index contributed by atoms with van der Waals surface area (Å²) in [6.07, 6.45) is 1.67. The molecule has 5 heteroatoms. The van der Waals surface area contributed by atoms with Crippen LogP contribution < -0.4 is 0 Å². The van der Waals surface area contributed by atoms with E-state index in [9.17, 15) is 4.79 Å². The Labute approximate surface area is 136 Å². The van der Waals surface area contributed by atoms with Crippen molar-refractivity contribution in [1.82, 2.24) is 0 Å². The fourth-order valence-electron chi connectivity index (χ4n) is 2.75. The van der Waals surface area contributed by atoms with E-state index >= 15 is 0 Å². The van der Waals surface area contributed by atoms with Crippen molar-refractivity contribution in [2.24, 2.45) is 0 Å². The number of carbonyl (C=O) groups excluding carboxylic acids is 1. The van der Waals surface area contributed by atoms with E-state index < -0.39 is 5.79 Å². The Hall–Kier alpha value is -1.10. The molecule has 1 aliphatic rings. The van der Waals surface area contributed by atoms with E-state index in [4.69, 9.17) is 25.8 Å². The zero-order valence-corrected chi connectivity index (χ0v) is 14.1. The Morgan fingerprint density at radius 1 is 1.27 bits per heavy atom. The molecule has 0 aliphatic carbocycles. The molecule has 122 valence electrons. The molecule has 0 aromatic heterocycles. The average Bonchev–Trinajstić information content (AvgIpc) is 2.87. The molecule has 1 saturated heterocycles. The third kappa shape index (κ3) is 3.80. The maximum Gasteiger partial charge on any atom is 0.302 e. The van der Waals surface area contributed by atoms with Gasteiger partial charge in [-0.2, -0.15) is 0 Å². The van der Waals surface area contributed by atoms with E-state index in [1.54, 1.807) is 0 Å². The third-order valence-electron chi connectivity index (χ3n) is 4.04. The van der Waals surface area contributed by atoms with E-state index in [1.165, 1.54) is 6.92 Å². The van der Waals surface area contributed by atoms with Gasteiger partial charge in [-0.25, -0.2) is 0 Å². The van der Waals surface area contributed by atoms with Gasteiger partial charge < -0.3 is 14.2 Å². The third-order valence-corrected chi connectivity index (χ3v) is 4.39. The summed E-state index contributed by atoms with van der Waals surface area (Å²) in [5.41, 5.74) is 0.917. The number of esters is 1. The fraction of sp³-hybridized carbons (Fsp3) is 0.588. The Balaban J connectivity index is 2.19. The van der Waals surface area contributed by atoms with Crippen LogP contribution >= 0.6 is 11.6 Å². The van der Waals surface area contributed by atoms with Gasteiger partial charge in [-0.15, -0.1) is 0 Å². The summed E-state index contributed by atoms with van der Waals surface area (Å²) in [5, 5.41) is 0.664. The lowest BCUT2D eigenvalue weighted by atomic mass is 10.0. The molecule has 0 radical (unpaired) electrons. The summed E-state index contributed by atoms with van der Waals surface area (Å²) in [6, 6.07) is 7.63. The van der Waals surface area contributed by atoms with E-state index in [-0.39, 0.29) is 18.2 Å². The zero-order chi connectivity index (χ0) is 16.2. The maximum absolute atomic E-state index is 10.9. The first-order valence-corrected chi connectivity index (χ1v) is 8.12. The summed E-state index contributed by atoms with van der Waals surface area (Å²) in [6.45, 7) is 5.80. The maximum atomic E-state index is 10.9. The summed E-state index contributed by atoms with van der Waals surface area (Å²) >= 11 is 6.31. The molecule has 22 heavy (non-hydrogen) atoms. The van der Waals surface area contributed by atoms with Crippen LogP contribution in [0.25, 0.3) is 0 Å². The Morgan fingerprint density at radius 2 is 1.95 bits per heavy atom. The Kier molecular flexibility index (Phi) is 5.84. The largest absolute Gasteiger partial charge is 0.466 e. The number of hydrogen-bond donors (Lipinski definition) is 0. The molecule has 0 saturated carbocycles. The first-order chi connectivity index (χ1) is 10.5. The first kappa shape index (κ1) is 17.3. The van der Waals surface area contributed by atoms with Gasteiger partial charge in [0.25, 0.3) is 0 Å². The summed E-state index contributed by atoms with van der Waals surface area (Å²) in [7, 11) is 0. The number of ether oxygens (including phenoxy) is 3. The molecule has 0 spiro atoms. The highest BCUT2D eigenvalue weighted by atomic mass is 35.5. The molecule has 1 heterocycles. The van der Waals surface area contributed by atoms with Crippen LogP contribution in [-0.2, 0) is 19.0 Å². The number of carbonyl (C=O) groups is 1. The molecule has 1 fully saturated rings. The van der Waals surface area contributed by atoms with Crippen LogP contribution in [-0.4, -0.2) is 24.5 Å². The molecule has 1 aromatic rings. The van der Waals surface area contributed by atoms with Crippen molar-refractivity contribution in [2.75, 3.05) is 6.61 Å². The van der Waals surface area contributed by atoms with Gasteiger partial charge in [0.1, 0.15) is 6.10 Å². The number of hydrogen-bond acceptors (Lipinski definition) is 4. The molecule has 0 N–H and O–H groups in total. The highest BCUT2D eigenvalue weighted by Crippen LogP contribution is 2.44. The van der Waals surface area contributed by atoms with E-state index in [2.05, 4.69) is 0 Å². The van der Waals surface area contributed by atoms with Crippen LogP contribution in [0.5, 0.6) is 0 Å². The van der Waals surface area contributed by atoms with Crippen molar-refractivity contribution >= 4 is 17.6 Å². The summed E-state index contributed by atoms with van der Waals surface area (Å²) in [5.74, 6) is -0.879. The van der Waals surface area contributed by atoms with Crippen LogP contribution in [0.15, 0.2) is 24.3 Å². The lowest BCUT2D eigenvalue weighted by Crippen LogP contribution is -2.29. The number of halogens is 1. The lowest BCUT2D eigenvalue weighted by Gasteiger charge is -2.25. The highest BCUT2D eigenvalue weighted by Gasteiger charge is 2.46. The van der Waals surface area contributed by atoms with E-state index in [0.29, 0.717) is 18.1 Å². The fourth-order valence-corrected chi connectivity index (χ4v) is 3.00.